The fourth-order valence-electron chi connectivity index (χ4n) is 3.53. The molecule has 1 N–H and O–H groups in total. The van der Waals surface area contributed by atoms with Crippen LogP contribution in [0.3, 0.4) is 0 Å². The number of carbonyl (C=O) groups is 2. The van der Waals surface area contributed by atoms with Gasteiger partial charge < -0.3 is 24.4 Å². The molecule has 0 saturated carbocycles. The second-order valence-electron chi connectivity index (χ2n) is 9.16. The monoisotopic (exact) mass is 470 g/mol. The summed E-state index contributed by atoms with van der Waals surface area (Å²) >= 11 is 0. The maximum absolute atomic E-state index is 13.3. The average molecular weight is 471 g/mol. The van der Waals surface area contributed by atoms with Gasteiger partial charge in [-0.25, -0.2) is 0 Å². The minimum Gasteiger partial charge on any atom is -0.497 e. The highest BCUT2D eigenvalue weighted by molar-refractivity contribution is 5.88. The van der Waals surface area contributed by atoms with Gasteiger partial charge in [0.15, 0.2) is 0 Å². The number of benzene rings is 2. The normalized spacial score (nSPS) is 11.9. The lowest BCUT2D eigenvalue weighted by Gasteiger charge is -2.33. The number of ether oxygens (including phenoxy) is 3. The summed E-state index contributed by atoms with van der Waals surface area (Å²) in [5.41, 5.74) is 0.552. The number of carbonyl (C=O) groups excluding carboxylic acids is 2. The van der Waals surface area contributed by atoms with Crippen molar-refractivity contribution in [2.75, 3.05) is 20.8 Å². The number of rotatable bonds is 12. The van der Waals surface area contributed by atoms with E-state index in [1.54, 1.807) is 19.1 Å². The Morgan fingerprint density at radius 3 is 1.94 bits per heavy atom. The highest BCUT2D eigenvalue weighted by Gasteiger charge is 2.30. The van der Waals surface area contributed by atoms with E-state index < -0.39 is 6.04 Å². The van der Waals surface area contributed by atoms with Crippen LogP contribution in [0.25, 0.3) is 0 Å². The Morgan fingerprint density at radius 2 is 1.44 bits per heavy atom. The van der Waals surface area contributed by atoms with Gasteiger partial charge in [-0.15, -0.1) is 0 Å². The van der Waals surface area contributed by atoms with Crippen molar-refractivity contribution in [3.63, 3.8) is 0 Å². The second kappa shape index (κ2) is 12.9. The second-order valence-corrected chi connectivity index (χ2v) is 9.16. The third-order valence-electron chi connectivity index (χ3n) is 5.26. The zero-order chi connectivity index (χ0) is 25.1. The molecule has 0 saturated heterocycles. The molecule has 0 aromatic heterocycles. The summed E-state index contributed by atoms with van der Waals surface area (Å²) in [5.74, 6) is 2.00. The maximum atomic E-state index is 13.3. The molecule has 7 heteroatoms. The first kappa shape index (κ1) is 27.0. The zero-order valence-electron chi connectivity index (χ0n) is 21.2. The standard InChI is InChI=1S/C27H38N2O5/c1-7-24(26(31)28-27(2,3)4)29(19-20-10-12-21(32-5)13-11-20)25(30)9-8-18-34-23-16-14-22(33-6)15-17-23/h10-17,24H,7-9,18-19H2,1-6H3,(H,28,31). The Balaban J connectivity index is 2.07. The van der Waals surface area contributed by atoms with Crippen molar-refractivity contribution in [3.8, 4) is 17.2 Å². The molecule has 0 aliphatic carbocycles. The molecule has 0 aliphatic rings. The third kappa shape index (κ3) is 8.61. The molecule has 0 heterocycles. The summed E-state index contributed by atoms with van der Waals surface area (Å²) < 4.78 is 16.1. The maximum Gasteiger partial charge on any atom is 0.243 e. The van der Waals surface area contributed by atoms with Crippen LogP contribution in [0.5, 0.6) is 17.2 Å². The first-order valence-corrected chi connectivity index (χ1v) is 11.7. The molecule has 0 bridgehead atoms. The van der Waals surface area contributed by atoms with Crippen molar-refractivity contribution in [2.24, 2.45) is 0 Å². The van der Waals surface area contributed by atoms with E-state index in [2.05, 4.69) is 5.32 Å². The van der Waals surface area contributed by atoms with Gasteiger partial charge in [-0.2, -0.15) is 0 Å². The smallest absolute Gasteiger partial charge is 0.243 e. The number of nitrogens with one attached hydrogen (secondary N) is 1. The summed E-state index contributed by atoms with van der Waals surface area (Å²) in [6, 6.07) is 14.3. The molecule has 0 fully saturated rings. The van der Waals surface area contributed by atoms with E-state index in [0.717, 1.165) is 22.8 Å². The molecular weight excluding hydrogens is 432 g/mol. The van der Waals surface area contributed by atoms with E-state index in [1.807, 2.05) is 76.2 Å². The van der Waals surface area contributed by atoms with Crippen LogP contribution in [-0.4, -0.2) is 49.1 Å². The van der Waals surface area contributed by atoms with Gasteiger partial charge in [0.25, 0.3) is 0 Å². The minimum absolute atomic E-state index is 0.0786. The molecule has 2 aromatic rings. The Labute approximate surface area is 203 Å². The van der Waals surface area contributed by atoms with Crippen LogP contribution in [0, 0.1) is 0 Å². The van der Waals surface area contributed by atoms with Gasteiger partial charge in [0.1, 0.15) is 23.3 Å². The quantitative estimate of drug-likeness (QED) is 0.459. The topological polar surface area (TPSA) is 77.1 Å². The molecule has 186 valence electrons. The van der Waals surface area contributed by atoms with Crippen molar-refractivity contribution in [1.82, 2.24) is 10.2 Å². The molecule has 2 amide bonds. The van der Waals surface area contributed by atoms with Gasteiger partial charge in [-0.1, -0.05) is 19.1 Å². The van der Waals surface area contributed by atoms with E-state index in [4.69, 9.17) is 14.2 Å². The Hall–Kier alpha value is -3.22. The SMILES string of the molecule is CCC(C(=O)NC(C)(C)C)N(Cc1ccc(OC)cc1)C(=O)CCCOc1ccc(OC)cc1. The number of methoxy groups -OCH3 is 2. The van der Waals surface area contributed by atoms with Gasteiger partial charge in [0.05, 0.1) is 20.8 Å². The van der Waals surface area contributed by atoms with E-state index in [1.165, 1.54) is 0 Å². The summed E-state index contributed by atoms with van der Waals surface area (Å²) in [7, 11) is 3.23. The van der Waals surface area contributed by atoms with Gasteiger partial charge in [-0.05, 0) is 75.6 Å². The highest BCUT2D eigenvalue weighted by atomic mass is 16.5. The first-order valence-electron chi connectivity index (χ1n) is 11.7. The lowest BCUT2D eigenvalue weighted by atomic mass is 10.0. The largest absolute Gasteiger partial charge is 0.497 e. The zero-order valence-corrected chi connectivity index (χ0v) is 21.2. The average Bonchev–Trinajstić information content (AvgIpc) is 2.81. The van der Waals surface area contributed by atoms with Crippen LogP contribution in [0.1, 0.15) is 52.5 Å². The van der Waals surface area contributed by atoms with Crippen LogP contribution in [0.4, 0.5) is 0 Å². The third-order valence-corrected chi connectivity index (χ3v) is 5.26. The number of hydrogen-bond donors (Lipinski definition) is 1. The molecule has 1 atom stereocenters. The van der Waals surface area contributed by atoms with E-state index >= 15 is 0 Å². The van der Waals surface area contributed by atoms with Gasteiger partial charge in [-0.3, -0.25) is 9.59 Å². The summed E-state index contributed by atoms with van der Waals surface area (Å²) in [6.45, 7) is 8.48. The van der Waals surface area contributed by atoms with Crippen molar-refractivity contribution < 1.29 is 23.8 Å². The van der Waals surface area contributed by atoms with Gasteiger partial charge in [0.2, 0.25) is 11.8 Å². The molecule has 34 heavy (non-hydrogen) atoms. The molecular formula is C27H38N2O5. The van der Waals surface area contributed by atoms with Crippen LogP contribution in [0.15, 0.2) is 48.5 Å². The van der Waals surface area contributed by atoms with Crippen LogP contribution < -0.4 is 19.5 Å². The van der Waals surface area contributed by atoms with Crippen molar-refractivity contribution >= 4 is 11.8 Å². The van der Waals surface area contributed by atoms with Crippen LogP contribution in [0.2, 0.25) is 0 Å². The minimum atomic E-state index is -0.559. The van der Waals surface area contributed by atoms with Crippen LogP contribution >= 0.6 is 0 Å². The lowest BCUT2D eigenvalue weighted by Crippen LogP contribution is -2.53. The molecule has 2 rings (SSSR count). The van der Waals surface area contributed by atoms with E-state index in [-0.39, 0.29) is 23.8 Å². The fourth-order valence-corrected chi connectivity index (χ4v) is 3.53. The van der Waals surface area contributed by atoms with E-state index in [0.29, 0.717) is 26.0 Å². The number of amides is 2. The summed E-state index contributed by atoms with van der Waals surface area (Å²) in [6.07, 6.45) is 1.35. The molecule has 0 aliphatic heterocycles. The first-order chi connectivity index (χ1) is 16.2. The molecule has 0 radical (unpaired) electrons. The van der Waals surface area contributed by atoms with Crippen molar-refractivity contribution in [3.05, 3.63) is 54.1 Å². The van der Waals surface area contributed by atoms with E-state index in [9.17, 15) is 9.59 Å². The van der Waals surface area contributed by atoms with Gasteiger partial charge >= 0.3 is 0 Å². The Morgan fingerprint density at radius 1 is 0.912 bits per heavy atom. The molecule has 7 nitrogen and oxygen atoms in total. The molecule has 0 spiro atoms. The lowest BCUT2D eigenvalue weighted by molar-refractivity contribution is -0.142. The van der Waals surface area contributed by atoms with Gasteiger partial charge in [0, 0.05) is 18.5 Å². The molecule has 1 unspecified atom stereocenters. The Kier molecular flexibility index (Phi) is 10.2. The number of hydrogen-bond acceptors (Lipinski definition) is 5. The summed E-state index contributed by atoms with van der Waals surface area (Å²) in [4.78, 5) is 28.0. The van der Waals surface area contributed by atoms with Crippen molar-refractivity contribution in [2.45, 2.75) is 65.1 Å². The van der Waals surface area contributed by atoms with Crippen molar-refractivity contribution in [1.29, 1.82) is 0 Å². The summed E-state index contributed by atoms with van der Waals surface area (Å²) in [5, 5.41) is 3.02. The fraction of sp³-hybridized carbons (Fsp3) is 0.481. The predicted octanol–water partition coefficient (Wildman–Crippen LogP) is 4.58. The van der Waals surface area contributed by atoms with Crippen LogP contribution in [-0.2, 0) is 16.1 Å². The highest BCUT2D eigenvalue weighted by Crippen LogP contribution is 2.19. The Bertz CT molecular complexity index is 904. The molecule has 2 aromatic carbocycles. The predicted molar refractivity (Wildman–Crippen MR) is 133 cm³/mol. The number of nitrogens with zero attached hydrogens (tertiary/aromatic N) is 1.